The Morgan fingerprint density at radius 2 is 2.14 bits per heavy atom. The van der Waals surface area contributed by atoms with Crippen LogP contribution in [0.3, 0.4) is 0 Å². The van der Waals surface area contributed by atoms with E-state index in [0.717, 1.165) is 13.1 Å². The topological polar surface area (TPSA) is 50.2 Å². The van der Waals surface area contributed by atoms with Crippen molar-refractivity contribution in [3.05, 3.63) is 22.7 Å². The van der Waals surface area contributed by atoms with Gasteiger partial charge in [-0.25, -0.2) is 4.98 Å². The fourth-order valence-corrected chi connectivity index (χ4v) is 3.07. The molecule has 0 spiro atoms. The van der Waals surface area contributed by atoms with Gasteiger partial charge in [0, 0.05) is 36.6 Å². The van der Waals surface area contributed by atoms with E-state index in [2.05, 4.69) is 36.0 Å². The van der Waals surface area contributed by atoms with Crippen LogP contribution in [0.5, 0.6) is 0 Å². The molecule has 1 N–H and O–H groups in total. The van der Waals surface area contributed by atoms with Crippen LogP contribution in [0.25, 0.3) is 0 Å². The number of aromatic nitrogens is 2. The van der Waals surface area contributed by atoms with E-state index in [0.29, 0.717) is 17.9 Å². The van der Waals surface area contributed by atoms with Gasteiger partial charge in [0.1, 0.15) is 0 Å². The van der Waals surface area contributed by atoms with Crippen molar-refractivity contribution in [1.82, 2.24) is 14.9 Å². The van der Waals surface area contributed by atoms with Gasteiger partial charge < -0.3 is 14.8 Å². The Labute approximate surface area is 126 Å². The lowest BCUT2D eigenvalue weighted by Crippen LogP contribution is -2.44. The summed E-state index contributed by atoms with van der Waals surface area (Å²) in [6.45, 7) is 8.16. The van der Waals surface area contributed by atoms with Gasteiger partial charge in [0.2, 0.25) is 0 Å². The Morgan fingerprint density at radius 1 is 1.38 bits per heavy atom. The first kappa shape index (κ1) is 14.6. The van der Waals surface area contributed by atoms with Gasteiger partial charge in [-0.2, -0.15) is 0 Å². The predicted octanol–water partition coefficient (Wildman–Crippen LogP) is 1.72. The van der Waals surface area contributed by atoms with E-state index in [1.54, 1.807) is 17.0 Å². The van der Waals surface area contributed by atoms with Crippen molar-refractivity contribution in [3.63, 3.8) is 0 Å². The van der Waals surface area contributed by atoms with Crippen LogP contribution in [0, 0.1) is 0 Å². The molecular weight excluding hydrogens is 264 g/mol. The molecule has 5 heteroatoms. The van der Waals surface area contributed by atoms with E-state index in [-0.39, 0.29) is 11.1 Å². The monoisotopic (exact) mass is 290 g/mol. The maximum absolute atomic E-state index is 12.8. The molecule has 3 rings (SSSR count). The average Bonchev–Trinajstić information content (AvgIpc) is 3.13. The molecule has 0 amide bonds. The second kappa shape index (κ2) is 5.44. The van der Waals surface area contributed by atoms with Crippen LogP contribution in [0.1, 0.15) is 46.5 Å². The highest BCUT2D eigenvalue weighted by atomic mass is 16.1. The van der Waals surface area contributed by atoms with Crippen LogP contribution < -0.4 is 15.8 Å². The summed E-state index contributed by atoms with van der Waals surface area (Å²) in [6.07, 6.45) is 8.35. The molecule has 2 fully saturated rings. The summed E-state index contributed by atoms with van der Waals surface area (Å²) in [7, 11) is 0. The third kappa shape index (κ3) is 3.12. The lowest BCUT2D eigenvalue weighted by Gasteiger charge is -2.28. The predicted molar refractivity (Wildman–Crippen MR) is 84.9 cm³/mol. The van der Waals surface area contributed by atoms with Crippen LogP contribution in [0.4, 0.5) is 5.82 Å². The average molecular weight is 290 g/mol. The Morgan fingerprint density at radius 3 is 2.71 bits per heavy atom. The van der Waals surface area contributed by atoms with Crippen LogP contribution in [-0.4, -0.2) is 34.7 Å². The summed E-state index contributed by atoms with van der Waals surface area (Å²) in [6, 6.07) is 0.999. The molecule has 1 aromatic rings. The van der Waals surface area contributed by atoms with Crippen LogP contribution in [-0.2, 0) is 5.54 Å². The van der Waals surface area contributed by atoms with Gasteiger partial charge in [0.25, 0.3) is 5.56 Å². The normalized spacial score (nSPS) is 22.5. The van der Waals surface area contributed by atoms with E-state index in [1.807, 2.05) is 0 Å². The summed E-state index contributed by atoms with van der Waals surface area (Å²) in [4.78, 5) is 19.5. The molecule has 1 aliphatic carbocycles. The third-order valence-electron chi connectivity index (χ3n) is 4.38. The first-order valence-corrected chi connectivity index (χ1v) is 8.05. The summed E-state index contributed by atoms with van der Waals surface area (Å²) in [5.74, 6) is 0.628. The van der Waals surface area contributed by atoms with Gasteiger partial charge in [-0.05, 0) is 53.0 Å². The van der Waals surface area contributed by atoms with Gasteiger partial charge in [-0.3, -0.25) is 4.79 Å². The first-order chi connectivity index (χ1) is 9.97. The Hall–Kier alpha value is -1.36. The summed E-state index contributed by atoms with van der Waals surface area (Å²) >= 11 is 0. The van der Waals surface area contributed by atoms with Gasteiger partial charge in [0.05, 0.1) is 0 Å². The minimum Gasteiger partial charge on any atom is -0.347 e. The number of nitrogens with zero attached hydrogens (tertiary/aromatic N) is 3. The fourth-order valence-electron chi connectivity index (χ4n) is 3.07. The van der Waals surface area contributed by atoms with Gasteiger partial charge in [0.15, 0.2) is 5.82 Å². The zero-order valence-corrected chi connectivity index (χ0v) is 13.3. The van der Waals surface area contributed by atoms with Crippen LogP contribution >= 0.6 is 0 Å². The summed E-state index contributed by atoms with van der Waals surface area (Å²) < 4.78 is 1.80. The zero-order chi connectivity index (χ0) is 15.0. The van der Waals surface area contributed by atoms with Gasteiger partial charge in [-0.1, -0.05) is 0 Å². The molecule has 2 aliphatic rings. The molecule has 1 saturated carbocycles. The molecule has 21 heavy (non-hydrogen) atoms. The molecule has 2 heterocycles. The van der Waals surface area contributed by atoms with E-state index >= 15 is 0 Å². The number of rotatable bonds is 4. The molecule has 1 aromatic heterocycles. The Kier molecular flexibility index (Phi) is 3.78. The van der Waals surface area contributed by atoms with Crippen molar-refractivity contribution in [2.45, 2.75) is 64.1 Å². The zero-order valence-electron chi connectivity index (χ0n) is 13.3. The molecule has 1 atom stereocenters. The summed E-state index contributed by atoms with van der Waals surface area (Å²) in [5.41, 5.74) is -0.176. The molecular formula is C16H26N4O. The van der Waals surface area contributed by atoms with Crippen molar-refractivity contribution in [2.75, 3.05) is 18.0 Å². The smallest absolute Gasteiger partial charge is 0.293 e. The molecule has 0 aromatic carbocycles. The number of hydrogen-bond acceptors (Lipinski definition) is 4. The van der Waals surface area contributed by atoms with Gasteiger partial charge in [-0.15, -0.1) is 0 Å². The highest BCUT2D eigenvalue weighted by Gasteiger charge is 2.34. The van der Waals surface area contributed by atoms with Crippen molar-refractivity contribution in [1.29, 1.82) is 0 Å². The number of nitrogens with one attached hydrogen (secondary N) is 1. The van der Waals surface area contributed by atoms with Crippen molar-refractivity contribution < 1.29 is 0 Å². The van der Waals surface area contributed by atoms with E-state index in [4.69, 9.17) is 0 Å². The summed E-state index contributed by atoms with van der Waals surface area (Å²) in [5, 5.41) is 3.53. The molecule has 1 unspecified atom stereocenters. The van der Waals surface area contributed by atoms with Crippen molar-refractivity contribution in [2.24, 2.45) is 0 Å². The standard InChI is InChI=1S/C16H26N4O/c1-16(2,3)20-10-9-18-14(15(20)21)19(13-6-7-13)11-12-5-4-8-17-12/h9-10,12-13,17H,4-8,11H2,1-3H3. The van der Waals surface area contributed by atoms with E-state index in [1.165, 1.54) is 25.7 Å². The molecule has 1 saturated heterocycles. The third-order valence-corrected chi connectivity index (χ3v) is 4.38. The second-order valence-corrected chi connectivity index (χ2v) is 7.27. The Balaban J connectivity index is 1.90. The number of anilines is 1. The van der Waals surface area contributed by atoms with Crippen LogP contribution in [0.15, 0.2) is 17.2 Å². The minimum atomic E-state index is -0.213. The molecule has 0 radical (unpaired) electrons. The van der Waals surface area contributed by atoms with Crippen LogP contribution in [0.2, 0.25) is 0 Å². The van der Waals surface area contributed by atoms with Crippen molar-refractivity contribution in [3.8, 4) is 0 Å². The van der Waals surface area contributed by atoms with Crippen molar-refractivity contribution >= 4 is 5.82 Å². The fraction of sp³-hybridized carbons (Fsp3) is 0.750. The van der Waals surface area contributed by atoms with E-state index < -0.39 is 0 Å². The first-order valence-electron chi connectivity index (χ1n) is 8.05. The lowest BCUT2D eigenvalue weighted by atomic mass is 10.1. The molecule has 0 bridgehead atoms. The lowest BCUT2D eigenvalue weighted by molar-refractivity contribution is 0.382. The quantitative estimate of drug-likeness (QED) is 0.917. The minimum absolute atomic E-state index is 0.0369. The molecule has 1 aliphatic heterocycles. The highest BCUT2D eigenvalue weighted by molar-refractivity contribution is 5.40. The number of hydrogen-bond donors (Lipinski definition) is 1. The molecule has 5 nitrogen and oxygen atoms in total. The Bertz CT molecular complexity index is 550. The maximum atomic E-state index is 12.8. The largest absolute Gasteiger partial charge is 0.347 e. The van der Waals surface area contributed by atoms with E-state index in [9.17, 15) is 4.79 Å². The molecule has 116 valence electrons. The second-order valence-electron chi connectivity index (χ2n) is 7.27. The highest BCUT2D eigenvalue weighted by Crippen LogP contribution is 2.30. The maximum Gasteiger partial charge on any atom is 0.293 e. The van der Waals surface area contributed by atoms with Gasteiger partial charge >= 0.3 is 0 Å². The SMILES string of the molecule is CC(C)(C)n1ccnc(N(CC2CCCN2)C2CC2)c1=O.